The molecule has 2 heteroatoms. The molecule has 1 saturated heterocycles. The van der Waals surface area contributed by atoms with Gasteiger partial charge >= 0.3 is 0 Å². The second-order valence-corrected chi connectivity index (χ2v) is 5.68. The Morgan fingerprint density at radius 1 is 1.20 bits per heavy atom. The second-order valence-electron chi connectivity index (χ2n) is 5.68. The van der Waals surface area contributed by atoms with Crippen molar-refractivity contribution in [3.8, 4) is 0 Å². The average Bonchev–Trinajstić information content (AvgIpc) is 2.97. The molecule has 1 heterocycles. The van der Waals surface area contributed by atoms with Gasteiger partial charge in [-0.25, -0.2) is 0 Å². The van der Waals surface area contributed by atoms with Gasteiger partial charge in [0.1, 0.15) is 0 Å². The molecule has 2 fully saturated rings. The Hall–Kier alpha value is -0.0800. The van der Waals surface area contributed by atoms with E-state index in [0.717, 1.165) is 18.0 Å². The van der Waals surface area contributed by atoms with Crippen LogP contribution in [-0.4, -0.2) is 37.1 Å². The van der Waals surface area contributed by atoms with E-state index in [-0.39, 0.29) is 0 Å². The third-order valence-electron chi connectivity index (χ3n) is 3.86. The van der Waals surface area contributed by atoms with E-state index in [2.05, 4.69) is 24.2 Å². The first-order valence-electron chi connectivity index (χ1n) is 6.68. The van der Waals surface area contributed by atoms with Crippen molar-refractivity contribution in [1.82, 2.24) is 10.2 Å². The SMILES string of the molecule is CC(CC1CC1)NC1CCCN(C)CC1. The highest BCUT2D eigenvalue weighted by molar-refractivity contribution is 4.81. The summed E-state index contributed by atoms with van der Waals surface area (Å²) in [7, 11) is 2.25. The summed E-state index contributed by atoms with van der Waals surface area (Å²) in [6, 6.07) is 1.52. The molecule has 15 heavy (non-hydrogen) atoms. The van der Waals surface area contributed by atoms with Crippen LogP contribution in [0, 0.1) is 5.92 Å². The zero-order chi connectivity index (χ0) is 10.7. The number of hydrogen-bond acceptors (Lipinski definition) is 2. The van der Waals surface area contributed by atoms with Crippen molar-refractivity contribution in [3.63, 3.8) is 0 Å². The molecule has 1 saturated carbocycles. The maximum atomic E-state index is 3.82. The molecule has 0 amide bonds. The van der Waals surface area contributed by atoms with Gasteiger partial charge in [0.15, 0.2) is 0 Å². The summed E-state index contributed by atoms with van der Waals surface area (Å²) < 4.78 is 0. The molecule has 1 N–H and O–H groups in total. The number of likely N-dealkylation sites (tertiary alicyclic amines) is 1. The van der Waals surface area contributed by atoms with Gasteiger partial charge in [0.25, 0.3) is 0 Å². The third kappa shape index (κ3) is 4.12. The zero-order valence-corrected chi connectivity index (χ0v) is 10.3. The molecular weight excluding hydrogens is 184 g/mol. The average molecular weight is 210 g/mol. The zero-order valence-electron chi connectivity index (χ0n) is 10.3. The molecule has 2 aliphatic rings. The summed E-state index contributed by atoms with van der Waals surface area (Å²) in [4.78, 5) is 2.47. The summed E-state index contributed by atoms with van der Waals surface area (Å²) >= 11 is 0. The Morgan fingerprint density at radius 2 is 2.00 bits per heavy atom. The molecule has 0 radical (unpaired) electrons. The summed E-state index contributed by atoms with van der Waals surface area (Å²) in [6.07, 6.45) is 8.46. The molecule has 2 rings (SSSR count). The Bertz CT molecular complexity index is 189. The van der Waals surface area contributed by atoms with Crippen molar-refractivity contribution in [2.24, 2.45) is 5.92 Å². The van der Waals surface area contributed by atoms with Crippen LogP contribution < -0.4 is 5.32 Å². The number of rotatable bonds is 4. The lowest BCUT2D eigenvalue weighted by Crippen LogP contribution is -2.37. The Morgan fingerprint density at radius 3 is 2.73 bits per heavy atom. The maximum Gasteiger partial charge on any atom is 0.00821 e. The van der Waals surface area contributed by atoms with E-state index >= 15 is 0 Å². The fourth-order valence-electron chi connectivity index (χ4n) is 2.73. The molecule has 2 unspecified atom stereocenters. The Balaban J connectivity index is 1.67. The van der Waals surface area contributed by atoms with Gasteiger partial charge in [0, 0.05) is 12.1 Å². The minimum atomic E-state index is 0.742. The molecule has 2 atom stereocenters. The van der Waals surface area contributed by atoms with Gasteiger partial charge in [-0.05, 0) is 58.7 Å². The van der Waals surface area contributed by atoms with Gasteiger partial charge in [0.05, 0.1) is 0 Å². The fourth-order valence-corrected chi connectivity index (χ4v) is 2.73. The predicted octanol–water partition coefficient (Wildman–Crippen LogP) is 2.25. The van der Waals surface area contributed by atoms with E-state index in [4.69, 9.17) is 0 Å². The van der Waals surface area contributed by atoms with Crippen LogP contribution in [0.4, 0.5) is 0 Å². The van der Waals surface area contributed by atoms with Crippen LogP contribution in [-0.2, 0) is 0 Å². The number of nitrogens with zero attached hydrogens (tertiary/aromatic N) is 1. The molecule has 0 aromatic rings. The number of nitrogens with one attached hydrogen (secondary N) is 1. The lowest BCUT2D eigenvalue weighted by Gasteiger charge is -2.22. The fraction of sp³-hybridized carbons (Fsp3) is 1.00. The van der Waals surface area contributed by atoms with Crippen LogP contribution in [0.5, 0.6) is 0 Å². The normalized spacial score (nSPS) is 31.2. The molecular formula is C13H26N2. The van der Waals surface area contributed by atoms with Gasteiger partial charge in [0.2, 0.25) is 0 Å². The van der Waals surface area contributed by atoms with Gasteiger partial charge in [-0.1, -0.05) is 12.8 Å². The molecule has 0 bridgehead atoms. The lowest BCUT2D eigenvalue weighted by atomic mass is 10.1. The molecule has 0 aromatic carbocycles. The van der Waals surface area contributed by atoms with Crippen LogP contribution in [0.15, 0.2) is 0 Å². The standard InChI is InChI=1S/C13H26N2/c1-11(10-12-5-6-12)14-13-4-3-8-15(2)9-7-13/h11-14H,3-10H2,1-2H3. The van der Waals surface area contributed by atoms with E-state index in [1.165, 1.54) is 51.6 Å². The second kappa shape index (κ2) is 5.31. The van der Waals surface area contributed by atoms with Gasteiger partial charge in [-0.2, -0.15) is 0 Å². The van der Waals surface area contributed by atoms with Crippen molar-refractivity contribution in [3.05, 3.63) is 0 Å². The van der Waals surface area contributed by atoms with Crippen LogP contribution in [0.3, 0.4) is 0 Å². The first-order chi connectivity index (χ1) is 7.24. The highest BCUT2D eigenvalue weighted by Crippen LogP contribution is 2.33. The van der Waals surface area contributed by atoms with Crippen molar-refractivity contribution in [1.29, 1.82) is 0 Å². The minimum absolute atomic E-state index is 0.742. The van der Waals surface area contributed by atoms with E-state index in [1.807, 2.05) is 0 Å². The Labute approximate surface area is 94.4 Å². The van der Waals surface area contributed by atoms with Gasteiger partial charge in [-0.15, -0.1) is 0 Å². The monoisotopic (exact) mass is 210 g/mol. The summed E-state index contributed by atoms with van der Waals surface area (Å²) in [5, 5.41) is 3.82. The van der Waals surface area contributed by atoms with Crippen LogP contribution in [0.2, 0.25) is 0 Å². The van der Waals surface area contributed by atoms with Crippen molar-refractivity contribution < 1.29 is 0 Å². The topological polar surface area (TPSA) is 15.3 Å². The van der Waals surface area contributed by atoms with Crippen molar-refractivity contribution in [2.75, 3.05) is 20.1 Å². The van der Waals surface area contributed by atoms with E-state index in [0.29, 0.717) is 0 Å². The van der Waals surface area contributed by atoms with E-state index < -0.39 is 0 Å². The minimum Gasteiger partial charge on any atom is -0.311 e. The van der Waals surface area contributed by atoms with Crippen LogP contribution in [0.25, 0.3) is 0 Å². The number of hydrogen-bond donors (Lipinski definition) is 1. The molecule has 2 nitrogen and oxygen atoms in total. The Kier molecular flexibility index (Phi) is 4.04. The third-order valence-corrected chi connectivity index (χ3v) is 3.86. The smallest absolute Gasteiger partial charge is 0.00821 e. The molecule has 0 aromatic heterocycles. The van der Waals surface area contributed by atoms with E-state index in [9.17, 15) is 0 Å². The lowest BCUT2D eigenvalue weighted by molar-refractivity contribution is 0.337. The first-order valence-corrected chi connectivity index (χ1v) is 6.68. The largest absolute Gasteiger partial charge is 0.311 e. The molecule has 1 aliphatic heterocycles. The first kappa shape index (κ1) is 11.4. The molecule has 0 spiro atoms. The van der Waals surface area contributed by atoms with Gasteiger partial charge < -0.3 is 10.2 Å². The predicted molar refractivity (Wildman–Crippen MR) is 65.1 cm³/mol. The van der Waals surface area contributed by atoms with E-state index in [1.54, 1.807) is 0 Å². The molecule has 1 aliphatic carbocycles. The van der Waals surface area contributed by atoms with Gasteiger partial charge in [-0.3, -0.25) is 0 Å². The molecule has 88 valence electrons. The van der Waals surface area contributed by atoms with Crippen LogP contribution in [0.1, 0.15) is 45.4 Å². The van der Waals surface area contributed by atoms with Crippen LogP contribution >= 0.6 is 0 Å². The summed E-state index contributed by atoms with van der Waals surface area (Å²) in [5.74, 6) is 1.06. The quantitative estimate of drug-likeness (QED) is 0.765. The highest BCUT2D eigenvalue weighted by atomic mass is 15.1. The van der Waals surface area contributed by atoms with Crippen molar-refractivity contribution in [2.45, 2.75) is 57.5 Å². The maximum absolute atomic E-state index is 3.82. The highest BCUT2D eigenvalue weighted by Gasteiger charge is 2.25. The summed E-state index contributed by atoms with van der Waals surface area (Å²) in [5.41, 5.74) is 0. The summed E-state index contributed by atoms with van der Waals surface area (Å²) in [6.45, 7) is 4.93. The van der Waals surface area contributed by atoms with Crippen molar-refractivity contribution >= 4 is 0 Å².